The zero-order chi connectivity index (χ0) is 24.1. The quantitative estimate of drug-likeness (QED) is 0.495. The summed E-state index contributed by atoms with van der Waals surface area (Å²) in [6.07, 6.45) is -3.23. The van der Waals surface area contributed by atoms with Crippen molar-refractivity contribution in [3.05, 3.63) is 40.7 Å². The molecule has 1 aromatic heterocycles. The fourth-order valence-corrected chi connectivity index (χ4v) is 3.40. The van der Waals surface area contributed by atoms with Crippen LogP contribution in [0.5, 0.6) is 0 Å². The Bertz CT molecular complexity index is 1090. The van der Waals surface area contributed by atoms with E-state index in [0.29, 0.717) is 31.7 Å². The molecule has 2 N–H and O–H groups in total. The molecular weight excluding hydrogens is 476 g/mol. The van der Waals surface area contributed by atoms with Crippen molar-refractivity contribution in [3.8, 4) is 11.1 Å². The molecule has 2 amide bonds. The summed E-state index contributed by atoms with van der Waals surface area (Å²) in [7, 11) is 0. The summed E-state index contributed by atoms with van der Waals surface area (Å²) in [5, 5.41) is 4.53. The number of alkyl halides is 5. The maximum absolute atomic E-state index is 14.4. The number of carbonyl (C=O) groups excluding carboxylic acids is 2. The molecule has 2 fully saturated rings. The number of rotatable bonds is 6. The second-order valence-electron chi connectivity index (χ2n) is 8.04. The third-order valence-corrected chi connectivity index (χ3v) is 5.60. The number of aromatic nitrogens is 1. The molecule has 176 valence electrons. The summed E-state index contributed by atoms with van der Waals surface area (Å²) in [6.45, 7) is 0. The molecular formula is C21H16ClF6N3O2. The normalized spacial score (nSPS) is 16.5. The van der Waals surface area contributed by atoms with E-state index >= 15 is 0 Å². The van der Waals surface area contributed by atoms with Crippen molar-refractivity contribution in [1.82, 2.24) is 4.98 Å². The molecule has 0 unspecified atom stereocenters. The van der Waals surface area contributed by atoms with Crippen LogP contribution in [0.25, 0.3) is 11.1 Å². The van der Waals surface area contributed by atoms with Crippen LogP contribution >= 0.6 is 11.6 Å². The maximum atomic E-state index is 14.4. The van der Waals surface area contributed by atoms with Gasteiger partial charge in [0.15, 0.2) is 0 Å². The lowest BCUT2D eigenvalue weighted by atomic mass is 10.0. The Balaban J connectivity index is 1.74. The van der Waals surface area contributed by atoms with E-state index in [0.717, 1.165) is 0 Å². The van der Waals surface area contributed by atoms with E-state index in [-0.39, 0.29) is 52.5 Å². The molecule has 5 nitrogen and oxygen atoms in total. The Kier molecular flexibility index (Phi) is 5.80. The van der Waals surface area contributed by atoms with Gasteiger partial charge >= 0.3 is 12.1 Å². The summed E-state index contributed by atoms with van der Waals surface area (Å²) >= 11 is 5.97. The van der Waals surface area contributed by atoms with Crippen LogP contribution in [0.15, 0.2) is 24.3 Å². The molecule has 1 aromatic carbocycles. The third-order valence-electron chi connectivity index (χ3n) is 5.29. The van der Waals surface area contributed by atoms with Crippen molar-refractivity contribution in [2.24, 2.45) is 11.8 Å². The Hall–Kier alpha value is -2.82. The van der Waals surface area contributed by atoms with Crippen molar-refractivity contribution in [2.45, 2.75) is 37.8 Å². The topological polar surface area (TPSA) is 71.1 Å². The SMILES string of the molecule is O=C(Nc1cc(-c2cc(F)c(C(F)(F)C(F)(F)F)cc2Cl)cc(NC(=O)C2CC2)n1)C1CC1. The molecule has 12 heteroatoms. The van der Waals surface area contributed by atoms with Gasteiger partial charge in [-0.25, -0.2) is 9.37 Å². The predicted octanol–water partition coefficient (Wildman–Crippen LogP) is 5.89. The summed E-state index contributed by atoms with van der Waals surface area (Å²) in [6, 6.07) is 3.18. The number of benzene rings is 1. The zero-order valence-electron chi connectivity index (χ0n) is 16.7. The van der Waals surface area contributed by atoms with Gasteiger partial charge in [0.25, 0.3) is 0 Å². The lowest BCUT2D eigenvalue weighted by molar-refractivity contribution is -0.290. The lowest BCUT2D eigenvalue weighted by Crippen LogP contribution is -2.34. The first-order valence-corrected chi connectivity index (χ1v) is 10.3. The highest BCUT2D eigenvalue weighted by molar-refractivity contribution is 6.33. The molecule has 0 radical (unpaired) electrons. The number of nitrogens with one attached hydrogen (secondary N) is 2. The molecule has 2 aliphatic carbocycles. The average Bonchev–Trinajstić information content (AvgIpc) is 3.61. The number of amides is 2. The van der Waals surface area contributed by atoms with E-state index in [1.165, 1.54) is 12.1 Å². The molecule has 33 heavy (non-hydrogen) atoms. The molecule has 2 aromatic rings. The van der Waals surface area contributed by atoms with Gasteiger partial charge in [-0.2, -0.15) is 22.0 Å². The number of carbonyl (C=O) groups is 2. The van der Waals surface area contributed by atoms with Crippen LogP contribution in [0.4, 0.5) is 38.0 Å². The average molecular weight is 492 g/mol. The van der Waals surface area contributed by atoms with Crippen LogP contribution in [-0.4, -0.2) is 23.0 Å². The molecule has 4 rings (SSSR count). The summed E-state index contributed by atoms with van der Waals surface area (Å²) in [5.74, 6) is -8.33. The Morgan fingerprint density at radius 3 is 1.79 bits per heavy atom. The molecule has 0 saturated heterocycles. The highest BCUT2D eigenvalue weighted by atomic mass is 35.5. The van der Waals surface area contributed by atoms with Crippen molar-refractivity contribution >= 4 is 35.1 Å². The van der Waals surface area contributed by atoms with Gasteiger partial charge in [-0.1, -0.05) is 11.6 Å². The predicted molar refractivity (Wildman–Crippen MR) is 107 cm³/mol. The summed E-state index contributed by atoms with van der Waals surface area (Å²) in [4.78, 5) is 28.4. The molecule has 0 bridgehead atoms. The Morgan fingerprint density at radius 1 is 0.879 bits per heavy atom. The molecule has 1 heterocycles. The first-order chi connectivity index (χ1) is 15.4. The van der Waals surface area contributed by atoms with Crippen molar-refractivity contribution in [3.63, 3.8) is 0 Å². The number of halogens is 7. The highest BCUT2D eigenvalue weighted by Gasteiger charge is 2.60. The molecule has 0 spiro atoms. The zero-order valence-corrected chi connectivity index (χ0v) is 17.5. The summed E-state index contributed by atoms with van der Waals surface area (Å²) in [5.41, 5.74) is -2.09. The lowest BCUT2D eigenvalue weighted by Gasteiger charge is -2.21. The monoisotopic (exact) mass is 491 g/mol. The van der Waals surface area contributed by atoms with Gasteiger partial charge in [0, 0.05) is 22.4 Å². The second-order valence-corrected chi connectivity index (χ2v) is 8.44. The number of hydrogen-bond donors (Lipinski definition) is 2. The fourth-order valence-electron chi connectivity index (χ4n) is 3.12. The van der Waals surface area contributed by atoms with E-state index in [1.54, 1.807) is 0 Å². The Labute approximate surface area is 188 Å². The van der Waals surface area contributed by atoms with E-state index in [4.69, 9.17) is 11.6 Å². The van der Waals surface area contributed by atoms with Crippen LogP contribution in [0.2, 0.25) is 5.02 Å². The van der Waals surface area contributed by atoms with Crippen LogP contribution in [0.1, 0.15) is 31.2 Å². The highest BCUT2D eigenvalue weighted by Crippen LogP contribution is 2.47. The summed E-state index contributed by atoms with van der Waals surface area (Å²) < 4.78 is 79.9. The van der Waals surface area contributed by atoms with Crippen LogP contribution in [-0.2, 0) is 15.5 Å². The molecule has 2 aliphatic rings. The van der Waals surface area contributed by atoms with Crippen molar-refractivity contribution in [2.75, 3.05) is 10.6 Å². The number of pyridine rings is 1. The van der Waals surface area contributed by atoms with Gasteiger partial charge in [-0.05, 0) is 55.5 Å². The van der Waals surface area contributed by atoms with Gasteiger partial charge in [-0.15, -0.1) is 0 Å². The van der Waals surface area contributed by atoms with Gasteiger partial charge in [0.2, 0.25) is 11.8 Å². The van der Waals surface area contributed by atoms with Crippen LogP contribution < -0.4 is 10.6 Å². The first-order valence-electron chi connectivity index (χ1n) is 9.95. The minimum absolute atomic E-state index is 0.0170. The number of anilines is 2. The van der Waals surface area contributed by atoms with E-state index in [2.05, 4.69) is 15.6 Å². The van der Waals surface area contributed by atoms with Crippen molar-refractivity contribution < 1.29 is 35.9 Å². The molecule has 2 saturated carbocycles. The van der Waals surface area contributed by atoms with Crippen LogP contribution in [0, 0.1) is 17.7 Å². The molecule has 0 atom stereocenters. The maximum Gasteiger partial charge on any atom is 0.458 e. The third kappa shape index (κ3) is 4.92. The smallest absolute Gasteiger partial charge is 0.310 e. The number of nitrogens with zero attached hydrogens (tertiary/aromatic N) is 1. The van der Waals surface area contributed by atoms with Crippen molar-refractivity contribution in [1.29, 1.82) is 0 Å². The van der Waals surface area contributed by atoms with E-state index in [1.807, 2.05) is 0 Å². The van der Waals surface area contributed by atoms with E-state index in [9.17, 15) is 35.9 Å². The Morgan fingerprint density at radius 2 is 1.36 bits per heavy atom. The van der Waals surface area contributed by atoms with Gasteiger partial charge in [-0.3, -0.25) is 9.59 Å². The van der Waals surface area contributed by atoms with Crippen LogP contribution in [0.3, 0.4) is 0 Å². The van der Waals surface area contributed by atoms with Gasteiger partial charge in [0.1, 0.15) is 17.5 Å². The second kappa shape index (κ2) is 8.19. The van der Waals surface area contributed by atoms with Gasteiger partial charge in [0.05, 0.1) is 5.56 Å². The minimum Gasteiger partial charge on any atom is -0.310 e. The van der Waals surface area contributed by atoms with Gasteiger partial charge < -0.3 is 10.6 Å². The fraction of sp³-hybridized carbons (Fsp3) is 0.381. The largest absolute Gasteiger partial charge is 0.458 e. The first kappa shape index (κ1) is 23.3. The van der Waals surface area contributed by atoms with E-state index < -0.39 is 28.5 Å². The number of hydrogen-bond acceptors (Lipinski definition) is 3. The minimum atomic E-state index is -6.02. The molecule has 0 aliphatic heterocycles. The standard InChI is InChI=1S/C21H16ClF6N3O2/c22-14-8-13(20(24,25)21(26,27)28)15(23)7-12(14)11-5-16(30-18(32)9-1-2-9)29-17(6-11)31-19(33)10-3-4-10/h5-10H,1-4H2,(H2,29,30,31,32,33).